The Morgan fingerprint density at radius 3 is 2.53 bits per heavy atom. The Labute approximate surface area is 92.4 Å². The number of nitrogens with one attached hydrogen (secondary N) is 1. The summed E-state index contributed by atoms with van der Waals surface area (Å²) >= 11 is 0. The van der Waals surface area contributed by atoms with Crippen LogP contribution >= 0.6 is 0 Å². The van der Waals surface area contributed by atoms with Gasteiger partial charge in [0, 0.05) is 25.7 Å². The molecule has 0 aromatic heterocycles. The Morgan fingerprint density at radius 1 is 1.13 bits per heavy atom. The van der Waals surface area contributed by atoms with Gasteiger partial charge in [-0.15, -0.1) is 0 Å². The second-order valence-electron chi connectivity index (χ2n) is 4.73. The van der Waals surface area contributed by atoms with Crippen molar-refractivity contribution in [1.29, 1.82) is 5.26 Å². The SMILES string of the molecule is N#CC1CNCCN1C1CCCCCC1. The molecule has 3 heteroatoms. The molecule has 0 radical (unpaired) electrons. The fourth-order valence-corrected chi connectivity index (χ4v) is 2.87. The molecule has 1 N–H and O–H groups in total. The average molecular weight is 207 g/mol. The van der Waals surface area contributed by atoms with Crippen LogP contribution in [0, 0.1) is 11.3 Å². The molecule has 1 aliphatic carbocycles. The lowest BCUT2D eigenvalue weighted by Gasteiger charge is -2.38. The van der Waals surface area contributed by atoms with Gasteiger partial charge in [0.05, 0.1) is 6.07 Å². The topological polar surface area (TPSA) is 39.1 Å². The van der Waals surface area contributed by atoms with Crippen molar-refractivity contribution >= 4 is 0 Å². The molecule has 0 bridgehead atoms. The van der Waals surface area contributed by atoms with Crippen molar-refractivity contribution in [2.45, 2.75) is 50.6 Å². The first-order chi connectivity index (χ1) is 7.42. The molecule has 2 rings (SSSR count). The number of nitrogens with zero attached hydrogens (tertiary/aromatic N) is 2. The van der Waals surface area contributed by atoms with Crippen LogP contribution < -0.4 is 5.32 Å². The van der Waals surface area contributed by atoms with Crippen LogP contribution in [0.1, 0.15) is 38.5 Å². The highest BCUT2D eigenvalue weighted by molar-refractivity contribution is 4.98. The van der Waals surface area contributed by atoms with Crippen molar-refractivity contribution in [3.05, 3.63) is 0 Å². The van der Waals surface area contributed by atoms with Crippen molar-refractivity contribution in [2.75, 3.05) is 19.6 Å². The lowest BCUT2D eigenvalue weighted by atomic mass is 10.0. The first-order valence-electron chi connectivity index (χ1n) is 6.28. The highest BCUT2D eigenvalue weighted by Crippen LogP contribution is 2.23. The van der Waals surface area contributed by atoms with E-state index in [9.17, 15) is 0 Å². The summed E-state index contributed by atoms with van der Waals surface area (Å²) in [5.41, 5.74) is 0. The van der Waals surface area contributed by atoms with Gasteiger partial charge in [0.1, 0.15) is 6.04 Å². The fraction of sp³-hybridized carbons (Fsp3) is 0.917. The molecule has 15 heavy (non-hydrogen) atoms. The largest absolute Gasteiger partial charge is 0.313 e. The van der Waals surface area contributed by atoms with Gasteiger partial charge in [-0.05, 0) is 12.8 Å². The summed E-state index contributed by atoms with van der Waals surface area (Å²) < 4.78 is 0. The molecule has 3 nitrogen and oxygen atoms in total. The van der Waals surface area contributed by atoms with Gasteiger partial charge in [-0.2, -0.15) is 5.26 Å². The van der Waals surface area contributed by atoms with Crippen molar-refractivity contribution < 1.29 is 0 Å². The third-order valence-electron chi connectivity index (χ3n) is 3.73. The summed E-state index contributed by atoms with van der Waals surface area (Å²) in [7, 11) is 0. The van der Waals surface area contributed by atoms with Crippen LogP contribution in [-0.4, -0.2) is 36.6 Å². The predicted octanol–water partition coefficient (Wildman–Crippen LogP) is 1.51. The van der Waals surface area contributed by atoms with Crippen molar-refractivity contribution in [3.8, 4) is 6.07 Å². The maximum atomic E-state index is 9.13. The molecule has 1 unspecified atom stereocenters. The van der Waals surface area contributed by atoms with E-state index in [2.05, 4.69) is 16.3 Å². The highest BCUT2D eigenvalue weighted by Gasteiger charge is 2.28. The highest BCUT2D eigenvalue weighted by atomic mass is 15.2. The van der Waals surface area contributed by atoms with E-state index in [-0.39, 0.29) is 6.04 Å². The van der Waals surface area contributed by atoms with E-state index >= 15 is 0 Å². The molecule has 0 aromatic rings. The summed E-state index contributed by atoms with van der Waals surface area (Å²) in [6, 6.07) is 3.23. The lowest BCUT2D eigenvalue weighted by molar-refractivity contribution is 0.124. The summed E-state index contributed by atoms with van der Waals surface area (Å²) in [5.74, 6) is 0. The quantitative estimate of drug-likeness (QED) is 0.662. The number of rotatable bonds is 1. The van der Waals surface area contributed by atoms with Gasteiger partial charge in [-0.25, -0.2) is 0 Å². The van der Waals surface area contributed by atoms with Crippen LogP contribution in [0.2, 0.25) is 0 Å². The van der Waals surface area contributed by atoms with E-state index < -0.39 is 0 Å². The molecule has 1 atom stereocenters. The van der Waals surface area contributed by atoms with Crippen LogP contribution in [0.4, 0.5) is 0 Å². The normalized spacial score (nSPS) is 30.7. The van der Waals surface area contributed by atoms with Crippen molar-refractivity contribution in [2.24, 2.45) is 0 Å². The van der Waals surface area contributed by atoms with Crippen molar-refractivity contribution in [1.82, 2.24) is 10.2 Å². The van der Waals surface area contributed by atoms with Crippen LogP contribution in [0.25, 0.3) is 0 Å². The van der Waals surface area contributed by atoms with Gasteiger partial charge in [-0.3, -0.25) is 4.90 Å². The van der Waals surface area contributed by atoms with E-state index in [1.165, 1.54) is 38.5 Å². The van der Waals surface area contributed by atoms with Crippen LogP contribution in [0.5, 0.6) is 0 Å². The van der Waals surface area contributed by atoms with Crippen LogP contribution in [0.3, 0.4) is 0 Å². The molecule has 84 valence electrons. The zero-order valence-corrected chi connectivity index (χ0v) is 9.41. The molecule has 0 aromatic carbocycles. The van der Waals surface area contributed by atoms with E-state index in [1.54, 1.807) is 0 Å². The van der Waals surface area contributed by atoms with E-state index in [0.717, 1.165) is 19.6 Å². The van der Waals surface area contributed by atoms with E-state index in [4.69, 9.17) is 5.26 Å². The third kappa shape index (κ3) is 2.70. The number of piperazine rings is 1. The molecular formula is C12H21N3. The van der Waals surface area contributed by atoms with Gasteiger partial charge in [0.15, 0.2) is 0 Å². The number of hydrogen-bond donors (Lipinski definition) is 1. The lowest BCUT2D eigenvalue weighted by Crippen LogP contribution is -2.54. The molecule has 1 saturated carbocycles. The molecule has 2 aliphatic rings. The molecule has 0 amide bonds. The zero-order valence-electron chi connectivity index (χ0n) is 9.41. The Hall–Kier alpha value is -0.590. The molecule has 1 aliphatic heterocycles. The maximum absolute atomic E-state index is 9.13. The molecule has 1 saturated heterocycles. The summed E-state index contributed by atoms with van der Waals surface area (Å²) in [6.07, 6.45) is 8.09. The fourth-order valence-electron chi connectivity index (χ4n) is 2.87. The Bertz CT molecular complexity index is 226. The standard InChI is InChI=1S/C12H21N3/c13-9-12-10-14-7-8-15(12)11-5-3-1-2-4-6-11/h11-12,14H,1-8,10H2. The van der Waals surface area contributed by atoms with Crippen LogP contribution in [-0.2, 0) is 0 Å². The van der Waals surface area contributed by atoms with Gasteiger partial charge in [-0.1, -0.05) is 25.7 Å². The van der Waals surface area contributed by atoms with Crippen LogP contribution in [0.15, 0.2) is 0 Å². The minimum absolute atomic E-state index is 0.113. The molecular weight excluding hydrogens is 186 g/mol. The molecule has 0 spiro atoms. The summed E-state index contributed by atoms with van der Waals surface area (Å²) in [4.78, 5) is 2.45. The van der Waals surface area contributed by atoms with E-state index in [0.29, 0.717) is 6.04 Å². The first-order valence-corrected chi connectivity index (χ1v) is 6.28. The smallest absolute Gasteiger partial charge is 0.111 e. The Balaban J connectivity index is 1.96. The molecule has 1 heterocycles. The summed E-state index contributed by atoms with van der Waals surface area (Å²) in [6.45, 7) is 2.96. The van der Waals surface area contributed by atoms with Gasteiger partial charge in [0.25, 0.3) is 0 Å². The number of hydrogen-bond acceptors (Lipinski definition) is 3. The third-order valence-corrected chi connectivity index (χ3v) is 3.73. The van der Waals surface area contributed by atoms with Crippen molar-refractivity contribution in [3.63, 3.8) is 0 Å². The average Bonchev–Trinajstić information content (AvgIpc) is 2.57. The minimum atomic E-state index is 0.113. The monoisotopic (exact) mass is 207 g/mol. The first kappa shape index (κ1) is 10.9. The number of nitriles is 1. The van der Waals surface area contributed by atoms with Gasteiger partial charge in [0.2, 0.25) is 0 Å². The maximum Gasteiger partial charge on any atom is 0.111 e. The second-order valence-corrected chi connectivity index (χ2v) is 4.73. The zero-order chi connectivity index (χ0) is 10.5. The Kier molecular flexibility index (Phi) is 3.99. The Morgan fingerprint density at radius 2 is 1.87 bits per heavy atom. The molecule has 2 fully saturated rings. The van der Waals surface area contributed by atoms with Gasteiger partial charge >= 0.3 is 0 Å². The van der Waals surface area contributed by atoms with Gasteiger partial charge < -0.3 is 5.32 Å². The predicted molar refractivity (Wildman–Crippen MR) is 60.5 cm³/mol. The van der Waals surface area contributed by atoms with E-state index in [1.807, 2.05) is 0 Å². The summed E-state index contributed by atoms with van der Waals surface area (Å²) in [5, 5.41) is 12.4. The minimum Gasteiger partial charge on any atom is -0.313 e. The second kappa shape index (κ2) is 5.48.